The Hall–Kier alpha value is -2.24. The van der Waals surface area contributed by atoms with E-state index in [0.717, 1.165) is 25.7 Å². The highest BCUT2D eigenvalue weighted by Crippen LogP contribution is 2.27. The summed E-state index contributed by atoms with van der Waals surface area (Å²) in [6.45, 7) is -0.305. The monoisotopic (exact) mass is 292 g/mol. The molecule has 1 aliphatic carbocycles. The molecule has 1 aromatic carbocycles. The first-order valence-electron chi connectivity index (χ1n) is 6.99. The number of carbonyl (C=O) groups is 2. The molecule has 1 saturated carbocycles. The third-order valence-corrected chi connectivity index (χ3v) is 3.82. The molecule has 1 amide bonds. The number of carboxylic acids is 1. The van der Waals surface area contributed by atoms with Crippen molar-refractivity contribution < 1.29 is 19.4 Å². The van der Waals surface area contributed by atoms with Crippen LogP contribution in [0.25, 0.3) is 0 Å². The molecule has 0 saturated heterocycles. The Morgan fingerprint density at radius 2 is 2.05 bits per heavy atom. The Morgan fingerprint density at radius 3 is 2.62 bits per heavy atom. The van der Waals surface area contributed by atoms with E-state index in [0.29, 0.717) is 17.0 Å². The van der Waals surface area contributed by atoms with Crippen LogP contribution in [0.3, 0.4) is 0 Å². The van der Waals surface area contributed by atoms with Crippen molar-refractivity contribution in [2.75, 3.05) is 19.4 Å². The number of carboxylic acid groups (broad SMARTS) is 1. The lowest BCUT2D eigenvalue weighted by atomic mass is 10.1. The zero-order valence-corrected chi connectivity index (χ0v) is 12.0. The maximum Gasteiger partial charge on any atom is 0.323 e. The van der Waals surface area contributed by atoms with Gasteiger partial charge in [0.1, 0.15) is 12.3 Å². The summed E-state index contributed by atoms with van der Waals surface area (Å²) in [4.78, 5) is 25.2. The Kier molecular flexibility index (Phi) is 4.67. The molecule has 1 aromatic rings. The average Bonchev–Trinajstić information content (AvgIpc) is 2.98. The van der Waals surface area contributed by atoms with E-state index in [4.69, 9.17) is 15.6 Å². The van der Waals surface area contributed by atoms with Crippen molar-refractivity contribution in [3.63, 3.8) is 0 Å². The first-order valence-corrected chi connectivity index (χ1v) is 6.99. The minimum atomic E-state index is -1.02. The summed E-state index contributed by atoms with van der Waals surface area (Å²) < 4.78 is 5.10. The van der Waals surface area contributed by atoms with Crippen LogP contribution in [-0.4, -0.2) is 41.6 Å². The van der Waals surface area contributed by atoms with Crippen LogP contribution in [0.5, 0.6) is 5.75 Å². The Labute approximate surface area is 123 Å². The Bertz CT molecular complexity index is 538. The van der Waals surface area contributed by atoms with Crippen molar-refractivity contribution in [1.82, 2.24) is 4.90 Å². The molecule has 1 aliphatic rings. The van der Waals surface area contributed by atoms with E-state index in [1.807, 2.05) is 0 Å². The molecule has 0 radical (unpaired) electrons. The second-order valence-electron chi connectivity index (χ2n) is 5.22. The number of anilines is 1. The van der Waals surface area contributed by atoms with Gasteiger partial charge in [-0.2, -0.15) is 0 Å². The first kappa shape index (κ1) is 15.2. The van der Waals surface area contributed by atoms with Gasteiger partial charge in [-0.1, -0.05) is 12.8 Å². The molecule has 114 valence electrons. The number of nitrogens with two attached hydrogens (primary N) is 1. The van der Waals surface area contributed by atoms with Gasteiger partial charge in [-0.05, 0) is 31.0 Å². The zero-order chi connectivity index (χ0) is 15.4. The number of nitrogens with zero attached hydrogens (tertiary/aromatic N) is 1. The highest BCUT2D eigenvalue weighted by atomic mass is 16.5. The number of ether oxygens (including phenoxy) is 1. The molecule has 6 heteroatoms. The minimum absolute atomic E-state index is 0.0285. The lowest BCUT2D eigenvalue weighted by molar-refractivity contribution is -0.138. The number of methoxy groups -OCH3 is 1. The third-order valence-electron chi connectivity index (χ3n) is 3.82. The molecular formula is C15H20N2O4. The maximum atomic E-state index is 12.7. The van der Waals surface area contributed by atoms with E-state index in [-0.39, 0.29) is 18.5 Å². The van der Waals surface area contributed by atoms with Gasteiger partial charge < -0.3 is 20.5 Å². The number of rotatable bonds is 5. The standard InChI is InChI=1S/C15H20N2O4/c1-21-11-6-7-13(16)12(8-11)15(20)17(9-14(18)19)10-4-2-3-5-10/h6-8,10H,2-5,9,16H2,1H3,(H,18,19). The fraction of sp³-hybridized carbons (Fsp3) is 0.467. The molecule has 6 nitrogen and oxygen atoms in total. The molecule has 0 aliphatic heterocycles. The normalized spacial score (nSPS) is 14.9. The van der Waals surface area contributed by atoms with Gasteiger partial charge in [-0.25, -0.2) is 0 Å². The molecule has 0 spiro atoms. The summed E-state index contributed by atoms with van der Waals surface area (Å²) in [6.07, 6.45) is 3.70. The van der Waals surface area contributed by atoms with E-state index in [1.165, 1.54) is 12.0 Å². The summed E-state index contributed by atoms with van der Waals surface area (Å²) in [6, 6.07) is 4.80. The quantitative estimate of drug-likeness (QED) is 0.806. The summed E-state index contributed by atoms with van der Waals surface area (Å²) in [5, 5.41) is 9.06. The Balaban J connectivity index is 2.30. The van der Waals surface area contributed by atoms with Gasteiger partial charge in [0, 0.05) is 11.7 Å². The van der Waals surface area contributed by atoms with E-state index in [2.05, 4.69) is 0 Å². The van der Waals surface area contributed by atoms with Crippen molar-refractivity contribution in [2.24, 2.45) is 0 Å². The molecule has 21 heavy (non-hydrogen) atoms. The van der Waals surface area contributed by atoms with Crippen molar-refractivity contribution in [3.05, 3.63) is 23.8 Å². The van der Waals surface area contributed by atoms with Gasteiger partial charge in [0.2, 0.25) is 0 Å². The second-order valence-corrected chi connectivity index (χ2v) is 5.22. The lowest BCUT2D eigenvalue weighted by Gasteiger charge is -2.28. The maximum absolute atomic E-state index is 12.7. The number of hydrogen-bond donors (Lipinski definition) is 2. The number of nitrogen functional groups attached to an aromatic ring is 1. The zero-order valence-electron chi connectivity index (χ0n) is 12.0. The molecular weight excluding hydrogens is 272 g/mol. The van der Waals surface area contributed by atoms with Gasteiger partial charge in [-0.3, -0.25) is 9.59 Å². The SMILES string of the molecule is COc1ccc(N)c(C(=O)N(CC(=O)O)C2CCCC2)c1. The Morgan fingerprint density at radius 1 is 1.38 bits per heavy atom. The summed E-state index contributed by atoms with van der Waals surface area (Å²) in [7, 11) is 1.51. The number of amides is 1. The van der Waals surface area contributed by atoms with Crippen LogP contribution in [0.15, 0.2) is 18.2 Å². The molecule has 0 aromatic heterocycles. The second kappa shape index (κ2) is 6.47. The molecule has 0 unspecified atom stereocenters. The topological polar surface area (TPSA) is 92.9 Å². The molecule has 0 bridgehead atoms. The van der Waals surface area contributed by atoms with Crippen LogP contribution >= 0.6 is 0 Å². The number of aliphatic carboxylic acids is 1. The summed E-state index contributed by atoms with van der Waals surface area (Å²) in [5.41, 5.74) is 6.48. The largest absolute Gasteiger partial charge is 0.497 e. The molecule has 0 atom stereocenters. The van der Waals surface area contributed by atoms with E-state index >= 15 is 0 Å². The molecule has 3 N–H and O–H groups in total. The van der Waals surface area contributed by atoms with Crippen molar-refractivity contribution in [3.8, 4) is 5.75 Å². The highest BCUT2D eigenvalue weighted by molar-refractivity contribution is 6.00. The predicted octanol–water partition coefficient (Wildman–Crippen LogP) is 1.75. The minimum Gasteiger partial charge on any atom is -0.497 e. The highest BCUT2D eigenvalue weighted by Gasteiger charge is 2.30. The average molecular weight is 292 g/mol. The fourth-order valence-electron chi connectivity index (χ4n) is 2.73. The molecule has 2 rings (SSSR count). The van der Waals surface area contributed by atoms with Crippen LogP contribution in [0.4, 0.5) is 5.69 Å². The van der Waals surface area contributed by atoms with Crippen LogP contribution < -0.4 is 10.5 Å². The number of hydrogen-bond acceptors (Lipinski definition) is 4. The van der Waals surface area contributed by atoms with Crippen LogP contribution in [0.2, 0.25) is 0 Å². The fourth-order valence-corrected chi connectivity index (χ4v) is 2.73. The van der Waals surface area contributed by atoms with Gasteiger partial charge in [0.15, 0.2) is 0 Å². The van der Waals surface area contributed by atoms with E-state index < -0.39 is 5.97 Å². The smallest absolute Gasteiger partial charge is 0.323 e. The van der Waals surface area contributed by atoms with Crippen molar-refractivity contribution >= 4 is 17.6 Å². The summed E-state index contributed by atoms with van der Waals surface area (Å²) >= 11 is 0. The number of benzene rings is 1. The van der Waals surface area contributed by atoms with Crippen molar-refractivity contribution in [2.45, 2.75) is 31.7 Å². The van der Waals surface area contributed by atoms with Crippen LogP contribution in [-0.2, 0) is 4.79 Å². The molecule has 1 fully saturated rings. The van der Waals surface area contributed by atoms with Crippen molar-refractivity contribution in [1.29, 1.82) is 0 Å². The van der Waals surface area contributed by atoms with Crippen LogP contribution in [0, 0.1) is 0 Å². The van der Waals surface area contributed by atoms with E-state index in [1.54, 1.807) is 18.2 Å². The van der Waals surface area contributed by atoms with Gasteiger partial charge >= 0.3 is 5.97 Å². The van der Waals surface area contributed by atoms with E-state index in [9.17, 15) is 9.59 Å². The summed E-state index contributed by atoms with van der Waals surface area (Å²) in [5.74, 6) is -0.841. The van der Waals surface area contributed by atoms with Gasteiger partial charge in [-0.15, -0.1) is 0 Å². The van der Waals surface area contributed by atoms with Gasteiger partial charge in [0.25, 0.3) is 5.91 Å². The van der Waals surface area contributed by atoms with Crippen LogP contribution in [0.1, 0.15) is 36.0 Å². The molecule has 0 heterocycles. The first-order chi connectivity index (χ1) is 10.0. The lowest BCUT2D eigenvalue weighted by Crippen LogP contribution is -2.42. The third kappa shape index (κ3) is 3.45. The number of carbonyl (C=O) groups excluding carboxylic acids is 1. The van der Waals surface area contributed by atoms with Gasteiger partial charge in [0.05, 0.1) is 12.7 Å². The predicted molar refractivity (Wildman–Crippen MR) is 78.3 cm³/mol.